The third kappa shape index (κ3) is 4.63. The molecule has 2 rings (SSSR count). The largest absolute Gasteiger partial charge is 0.491 e. The van der Waals surface area contributed by atoms with E-state index in [4.69, 9.17) is 27.9 Å². The normalized spacial score (nSPS) is 12.9. The summed E-state index contributed by atoms with van der Waals surface area (Å²) in [6.07, 6.45) is 0. The Labute approximate surface area is 152 Å². The predicted molar refractivity (Wildman–Crippen MR) is 97.7 cm³/mol. The Bertz CT molecular complexity index is 817. The molecule has 0 radical (unpaired) electrons. The van der Waals surface area contributed by atoms with E-state index in [9.17, 15) is 8.42 Å². The van der Waals surface area contributed by atoms with Crippen LogP contribution in [0.3, 0.4) is 0 Å². The lowest BCUT2D eigenvalue weighted by atomic mass is 10.1. The molecule has 1 N–H and O–H groups in total. The van der Waals surface area contributed by atoms with Gasteiger partial charge in [-0.05, 0) is 50.1 Å². The molecular weight excluding hydrogens is 369 g/mol. The lowest BCUT2D eigenvalue weighted by Crippen LogP contribution is -2.37. The van der Waals surface area contributed by atoms with Crippen LogP contribution in [0.4, 0.5) is 0 Å². The van der Waals surface area contributed by atoms with Gasteiger partial charge in [0, 0.05) is 5.02 Å². The average Bonchev–Trinajstić information content (AvgIpc) is 2.45. The molecule has 1 atom stereocenters. The topological polar surface area (TPSA) is 55.4 Å². The highest BCUT2D eigenvalue weighted by atomic mass is 35.5. The Balaban J connectivity index is 2.07. The van der Waals surface area contributed by atoms with Crippen molar-refractivity contribution in [3.05, 3.63) is 57.6 Å². The molecule has 0 heterocycles. The quantitative estimate of drug-likeness (QED) is 0.800. The van der Waals surface area contributed by atoms with Gasteiger partial charge in [-0.1, -0.05) is 41.4 Å². The Morgan fingerprint density at radius 1 is 1.12 bits per heavy atom. The number of ether oxygens (including phenoxy) is 1. The minimum atomic E-state index is -3.75. The summed E-state index contributed by atoms with van der Waals surface area (Å²) < 4.78 is 33.2. The van der Waals surface area contributed by atoms with Crippen molar-refractivity contribution in [3.63, 3.8) is 0 Å². The summed E-state index contributed by atoms with van der Waals surface area (Å²) in [7, 11) is -3.75. The zero-order valence-corrected chi connectivity index (χ0v) is 16.0. The molecule has 130 valence electrons. The number of benzene rings is 2. The molecule has 24 heavy (non-hydrogen) atoms. The van der Waals surface area contributed by atoms with Gasteiger partial charge in [-0.3, -0.25) is 0 Å². The van der Waals surface area contributed by atoms with Crippen LogP contribution in [0.1, 0.15) is 18.1 Å². The van der Waals surface area contributed by atoms with E-state index in [1.165, 1.54) is 18.2 Å². The van der Waals surface area contributed by atoms with Gasteiger partial charge in [0.2, 0.25) is 10.0 Å². The molecule has 0 spiro atoms. The van der Waals surface area contributed by atoms with Crippen LogP contribution in [0.15, 0.2) is 41.3 Å². The van der Waals surface area contributed by atoms with E-state index in [-0.39, 0.29) is 16.5 Å². The number of sulfonamides is 1. The van der Waals surface area contributed by atoms with Crippen LogP contribution in [0, 0.1) is 13.8 Å². The third-order valence-corrected chi connectivity index (χ3v) is 5.73. The van der Waals surface area contributed by atoms with Gasteiger partial charge in [0.05, 0.1) is 11.1 Å². The van der Waals surface area contributed by atoms with Crippen molar-refractivity contribution in [3.8, 4) is 5.75 Å². The molecule has 4 nitrogen and oxygen atoms in total. The van der Waals surface area contributed by atoms with Crippen LogP contribution in [0.25, 0.3) is 0 Å². The lowest BCUT2D eigenvalue weighted by Gasteiger charge is -2.18. The second kappa shape index (κ2) is 7.74. The van der Waals surface area contributed by atoms with Crippen molar-refractivity contribution in [2.75, 3.05) is 6.61 Å². The first-order chi connectivity index (χ1) is 11.2. The fraction of sp³-hybridized carbons (Fsp3) is 0.294. The second-order valence-corrected chi connectivity index (χ2v) is 8.16. The Morgan fingerprint density at radius 3 is 2.33 bits per heavy atom. The summed E-state index contributed by atoms with van der Waals surface area (Å²) in [6, 6.07) is 9.68. The van der Waals surface area contributed by atoms with Crippen molar-refractivity contribution in [2.45, 2.75) is 31.7 Å². The van der Waals surface area contributed by atoms with Crippen molar-refractivity contribution in [1.29, 1.82) is 0 Å². The highest BCUT2D eigenvalue weighted by Crippen LogP contribution is 2.25. The first-order valence-corrected chi connectivity index (χ1v) is 9.61. The number of para-hydroxylation sites is 1. The molecule has 0 aliphatic carbocycles. The molecular formula is C17H19Cl2NO3S. The van der Waals surface area contributed by atoms with Crippen molar-refractivity contribution < 1.29 is 13.2 Å². The molecule has 0 saturated carbocycles. The smallest absolute Gasteiger partial charge is 0.242 e. The SMILES string of the molecule is Cc1cccc(C)c1OCC(C)NS(=O)(=O)c1ccc(Cl)cc1Cl. The minimum Gasteiger partial charge on any atom is -0.491 e. The van der Waals surface area contributed by atoms with Crippen LogP contribution >= 0.6 is 23.2 Å². The Hall–Kier alpha value is -1.27. The van der Waals surface area contributed by atoms with Crippen LogP contribution < -0.4 is 9.46 Å². The van der Waals surface area contributed by atoms with E-state index in [1.807, 2.05) is 32.0 Å². The summed E-state index contributed by atoms with van der Waals surface area (Å²) in [6.45, 7) is 5.83. The number of nitrogens with one attached hydrogen (secondary N) is 1. The molecule has 0 aliphatic rings. The molecule has 0 fully saturated rings. The van der Waals surface area contributed by atoms with Crippen molar-refractivity contribution >= 4 is 33.2 Å². The van der Waals surface area contributed by atoms with Crippen molar-refractivity contribution in [2.24, 2.45) is 0 Å². The maximum atomic E-state index is 12.4. The Morgan fingerprint density at radius 2 is 1.75 bits per heavy atom. The maximum Gasteiger partial charge on any atom is 0.242 e. The summed E-state index contributed by atoms with van der Waals surface area (Å²) in [5.41, 5.74) is 2.01. The van der Waals surface area contributed by atoms with Gasteiger partial charge in [-0.2, -0.15) is 0 Å². The number of hydrogen-bond donors (Lipinski definition) is 1. The zero-order valence-electron chi connectivity index (χ0n) is 13.6. The predicted octanol–water partition coefficient (Wildman–Crippen LogP) is 4.36. The first kappa shape index (κ1) is 19.1. The van der Waals surface area contributed by atoms with E-state index in [0.29, 0.717) is 5.02 Å². The molecule has 7 heteroatoms. The first-order valence-electron chi connectivity index (χ1n) is 7.37. The molecule has 0 aliphatic heterocycles. The summed E-state index contributed by atoms with van der Waals surface area (Å²) >= 11 is 11.8. The molecule has 2 aromatic carbocycles. The lowest BCUT2D eigenvalue weighted by molar-refractivity contribution is 0.284. The van der Waals surface area contributed by atoms with Crippen LogP contribution in [0.5, 0.6) is 5.75 Å². The molecule has 0 amide bonds. The van der Waals surface area contributed by atoms with Gasteiger partial charge in [0.25, 0.3) is 0 Å². The van der Waals surface area contributed by atoms with Gasteiger partial charge >= 0.3 is 0 Å². The highest BCUT2D eigenvalue weighted by Gasteiger charge is 2.21. The second-order valence-electron chi connectivity index (χ2n) is 5.63. The molecule has 0 saturated heterocycles. The zero-order chi connectivity index (χ0) is 17.9. The van der Waals surface area contributed by atoms with E-state index in [1.54, 1.807) is 6.92 Å². The average molecular weight is 388 g/mol. The van der Waals surface area contributed by atoms with Crippen LogP contribution in [-0.4, -0.2) is 21.1 Å². The summed E-state index contributed by atoms with van der Waals surface area (Å²) in [4.78, 5) is -0.00695. The van der Waals surface area contributed by atoms with E-state index >= 15 is 0 Å². The summed E-state index contributed by atoms with van der Waals surface area (Å²) in [5.74, 6) is 0.771. The number of halogens is 2. The molecule has 0 aromatic heterocycles. The van der Waals surface area contributed by atoms with Gasteiger partial charge < -0.3 is 4.74 Å². The number of hydrogen-bond acceptors (Lipinski definition) is 3. The molecule has 2 aromatic rings. The van der Waals surface area contributed by atoms with Gasteiger partial charge in [-0.25, -0.2) is 13.1 Å². The highest BCUT2D eigenvalue weighted by molar-refractivity contribution is 7.89. The standard InChI is InChI=1S/C17H19Cl2NO3S/c1-11-5-4-6-12(2)17(11)23-10-13(3)20-24(21,22)16-8-7-14(18)9-15(16)19/h4-9,13,20H,10H2,1-3H3. The van der Waals surface area contributed by atoms with Crippen LogP contribution in [0.2, 0.25) is 10.0 Å². The number of rotatable bonds is 6. The van der Waals surface area contributed by atoms with Crippen molar-refractivity contribution in [1.82, 2.24) is 4.72 Å². The van der Waals surface area contributed by atoms with Gasteiger partial charge in [-0.15, -0.1) is 0 Å². The monoisotopic (exact) mass is 387 g/mol. The van der Waals surface area contributed by atoms with Gasteiger partial charge in [0.1, 0.15) is 17.3 Å². The molecule has 1 unspecified atom stereocenters. The minimum absolute atomic E-state index is 0.00695. The van der Waals surface area contributed by atoms with Gasteiger partial charge in [0.15, 0.2) is 0 Å². The molecule has 0 bridgehead atoms. The summed E-state index contributed by atoms with van der Waals surface area (Å²) in [5, 5.41) is 0.461. The van der Waals surface area contributed by atoms with E-state index in [0.717, 1.165) is 16.9 Å². The fourth-order valence-corrected chi connectivity index (χ4v) is 4.29. The van der Waals surface area contributed by atoms with E-state index in [2.05, 4.69) is 4.72 Å². The number of aryl methyl sites for hydroxylation is 2. The Kier molecular flexibility index (Phi) is 6.15. The third-order valence-electron chi connectivity index (χ3n) is 3.43. The van der Waals surface area contributed by atoms with Crippen LogP contribution in [-0.2, 0) is 10.0 Å². The maximum absolute atomic E-state index is 12.4. The van der Waals surface area contributed by atoms with E-state index < -0.39 is 16.1 Å². The fourth-order valence-electron chi connectivity index (χ4n) is 2.29.